The molecule has 0 amide bonds. The Kier molecular flexibility index (Phi) is 3.43. The number of carbonyl (C=O) groups is 1. The highest BCUT2D eigenvalue weighted by molar-refractivity contribution is 5.89. The van der Waals surface area contributed by atoms with Crippen molar-refractivity contribution in [1.82, 2.24) is 4.98 Å². The fraction of sp³-hybridized carbons (Fsp3) is 0.538. The van der Waals surface area contributed by atoms with E-state index in [-0.39, 0.29) is 12.2 Å². The summed E-state index contributed by atoms with van der Waals surface area (Å²) in [6.07, 6.45) is 5.98. The fourth-order valence-corrected chi connectivity index (χ4v) is 2.37. The molecule has 1 aliphatic carbocycles. The molecule has 92 valence electrons. The van der Waals surface area contributed by atoms with Gasteiger partial charge in [0.1, 0.15) is 11.4 Å². The highest BCUT2D eigenvalue weighted by atomic mass is 16.3. The van der Waals surface area contributed by atoms with Gasteiger partial charge >= 0.3 is 0 Å². The molecule has 0 aliphatic heterocycles. The topological polar surface area (TPSA) is 76.2 Å². The van der Waals surface area contributed by atoms with E-state index in [4.69, 9.17) is 5.73 Å². The first-order chi connectivity index (χ1) is 8.10. The van der Waals surface area contributed by atoms with Crippen LogP contribution >= 0.6 is 0 Å². The third-order valence-corrected chi connectivity index (χ3v) is 3.41. The highest BCUT2D eigenvalue weighted by Gasteiger charge is 2.36. The Morgan fingerprint density at radius 1 is 1.41 bits per heavy atom. The van der Waals surface area contributed by atoms with E-state index in [0.717, 1.165) is 24.8 Å². The zero-order chi connectivity index (χ0) is 12.3. The van der Waals surface area contributed by atoms with E-state index >= 15 is 0 Å². The van der Waals surface area contributed by atoms with Crippen LogP contribution in [0.5, 0.6) is 0 Å². The van der Waals surface area contributed by atoms with Crippen molar-refractivity contribution in [3.05, 3.63) is 23.9 Å². The first-order valence-electron chi connectivity index (χ1n) is 6.06. The minimum absolute atomic E-state index is 0.0946. The van der Waals surface area contributed by atoms with Crippen molar-refractivity contribution in [2.24, 2.45) is 0 Å². The number of nitrogens with two attached hydrogens (primary N) is 1. The summed E-state index contributed by atoms with van der Waals surface area (Å²) in [6, 6.07) is 3.45. The molecule has 1 aliphatic rings. The molecule has 0 spiro atoms. The van der Waals surface area contributed by atoms with Crippen LogP contribution in [0.25, 0.3) is 0 Å². The zero-order valence-corrected chi connectivity index (χ0v) is 9.85. The Bertz CT molecular complexity index is 412. The van der Waals surface area contributed by atoms with Gasteiger partial charge in [-0.1, -0.05) is 19.3 Å². The van der Waals surface area contributed by atoms with Crippen LogP contribution < -0.4 is 5.73 Å². The molecular formula is C13H18N2O2. The quantitative estimate of drug-likeness (QED) is 0.830. The number of ketones is 1. The smallest absolute Gasteiger partial charge is 0.168 e. The second-order valence-electron chi connectivity index (χ2n) is 4.78. The van der Waals surface area contributed by atoms with E-state index < -0.39 is 5.60 Å². The lowest BCUT2D eigenvalue weighted by atomic mass is 9.80. The number of aliphatic hydroxyl groups is 1. The minimum Gasteiger partial charge on any atom is -0.384 e. The molecule has 0 unspecified atom stereocenters. The van der Waals surface area contributed by atoms with Gasteiger partial charge in [-0.05, 0) is 30.5 Å². The molecule has 0 bridgehead atoms. The van der Waals surface area contributed by atoms with Crippen molar-refractivity contribution >= 4 is 11.6 Å². The van der Waals surface area contributed by atoms with E-state index in [1.165, 1.54) is 0 Å². The number of nitrogen functional groups attached to an aromatic ring is 1. The Labute approximate surface area is 101 Å². The minimum atomic E-state index is -1.11. The zero-order valence-electron chi connectivity index (χ0n) is 9.85. The van der Waals surface area contributed by atoms with Crippen LogP contribution in [-0.2, 0) is 11.2 Å². The van der Waals surface area contributed by atoms with Gasteiger partial charge in [0, 0.05) is 12.6 Å². The standard InChI is InChI=1S/C13H18N2O2/c14-12-9-10(4-7-15-12)8-11(16)13(17)5-2-1-3-6-13/h4,7,9,17H,1-3,5-6,8H2,(H2,14,15). The predicted octanol–water partition coefficient (Wildman–Crippen LogP) is 1.47. The van der Waals surface area contributed by atoms with Crippen LogP contribution in [0.4, 0.5) is 5.82 Å². The predicted molar refractivity (Wildman–Crippen MR) is 65.4 cm³/mol. The van der Waals surface area contributed by atoms with Gasteiger partial charge in [0.2, 0.25) is 0 Å². The summed E-state index contributed by atoms with van der Waals surface area (Å²) in [4.78, 5) is 16.0. The molecule has 1 aromatic rings. The van der Waals surface area contributed by atoms with Gasteiger partial charge in [0.05, 0.1) is 0 Å². The lowest BCUT2D eigenvalue weighted by Crippen LogP contribution is -2.41. The first-order valence-corrected chi connectivity index (χ1v) is 6.06. The highest BCUT2D eigenvalue weighted by Crippen LogP contribution is 2.29. The second-order valence-corrected chi connectivity index (χ2v) is 4.78. The van der Waals surface area contributed by atoms with Crippen molar-refractivity contribution in [2.45, 2.75) is 44.1 Å². The van der Waals surface area contributed by atoms with Crippen molar-refractivity contribution < 1.29 is 9.90 Å². The Hall–Kier alpha value is -1.42. The maximum Gasteiger partial charge on any atom is 0.168 e. The molecule has 1 fully saturated rings. The van der Waals surface area contributed by atoms with Crippen LogP contribution in [0, 0.1) is 0 Å². The summed E-state index contributed by atoms with van der Waals surface area (Å²) in [5.74, 6) is 0.314. The summed E-state index contributed by atoms with van der Waals surface area (Å²) in [5, 5.41) is 10.3. The molecule has 1 aromatic heterocycles. The Balaban J connectivity index is 2.05. The third kappa shape index (κ3) is 2.82. The van der Waals surface area contributed by atoms with Crippen molar-refractivity contribution in [3.63, 3.8) is 0 Å². The van der Waals surface area contributed by atoms with E-state index in [9.17, 15) is 9.90 Å². The maximum atomic E-state index is 12.1. The second kappa shape index (κ2) is 4.84. The number of pyridine rings is 1. The lowest BCUT2D eigenvalue weighted by molar-refractivity contribution is -0.139. The van der Waals surface area contributed by atoms with Gasteiger partial charge in [-0.3, -0.25) is 4.79 Å². The number of rotatable bonds is 3. The molecule has 1 saturated carbocycles. The van der Waals surface area contributed by atoms with E-state index in [2.05, 4.69) is 4.98 Å². The maximum absolute atomic E-state index is 12.1. The van der Waals surface area contributed by atoms with E-state index in [1.54, 1.807) is 18.3 Å². The molecule has 0 atom stereocenters. The van der Waals surface area contributed by atoms with Crippen molar-refractivity contribution in [3.8, 4) is 0 Å². The van der Waals surface area contributed by atoms with Crippen LogP contribution in [0.3, 0.4) is 0 Å². The number of carbonyl (C=O) groups excluding carboxylic acids is 1. The largest absolute Gasteiger partial charge is 0.384 e. The van der Waals surface area contributed by atoms with Gasteiger partial charge in [0.15, 0.2) is 5.78 Å². The van der Waals surface area contributed by atoms with Crippen molar-refractivity contribution in [1.29, 1.82) is 0 Å². The number of hydrogen-bond acceptors (Lipinski definition) is 4. The summed E-state index contributed by atoms with van der Waals surface area (Å²) >= 11 is 0. The Morgan fingerprint density at radius 2 is 2.12 bits per heavy atom. The molecule has 17 heavy (non-hydrogen) atoms. The molecule has 2 rings (SSSR count). The molecule has 0 aromatic carbocycles. The SMILES string of the molecule is Nc1cc(CC(=O)C2(O)CCCCC2)ccn1. The number of aromatic nitrogens is 1. The molecule has 0 radical (unpaired) electrons. The fourth-order valence-electron chi connectivity index (χ4n) is 2.37. The molecule has 4 nitrogen and oxygen atoms in total. The summed E-state index contributed by atoms with van der Waals surface area (Å²) in [7, 11) is 0. The van der Waals surface area contributed by atoms with Gasteiger partial charge in [-0.25, -0.2) is 4.98 Å². The summed E-state index contributed by atoms with van der Waals surface area (Å²) < 4.78 is 0. The molecule has 1 heterocycles. The summed E-state index contributed by atoms with van der Waals surface area (Å²) in [6.45, 7) is 0. The van der Waals surface area contributed by atoms with Crippen LogP contribution in [0.1, 0.15) is 37.7 Å². The molecule has 3 N–H and O–H groups in total. The average molecular weight is 234 g/mol. The van der Waals surface area contributed by atoms with Gasteiger partial charge in [-0.15, -0.1) is 0 Å². The lowest BCUT2D eigenvalue weighted by Gasteiger charge is -2.30. The summed E-state index contributed by atoms with van der Waals surface area (Å²) in [5.41, 5.74) is 5.27. The Morgan fingerprint density at radius 3 is 2.76 bits per heavy atom. The van der Waals surface area contributed by atoms with E-state index in [1.807, 2.05) is 0 Å². The van der Waals surface area contributed by atoms with Crippen molar-refractivity contribution in [2.75, 3.05) is 5.73 Å². The number of nitrogens with zero attached hydrogens (tertiary/aromatic N) is 1. The van der Waals surface area contributed by atoms with Gasteiger partial charge < -0.3 is 10.8 Å². The number of hydrogen-bond donors (Lipinski definition) is 2. The molecular weight excluding hydrogens is 216 g/mol. The number of anilines is 1. The monoisotopic (exact) mass is 234 g/mol. The molecule has 4 heteroatoms. The molecule has 0 saturated heterocycles. The number of Topliss-reactive ketones (excluding diaryl/α,β-unsaturated/α-hetero) is 1. The van der Waals surface area contributed by atoms with Gasteiger partial charge in [0.25, 0.3) is 0 Å². The first kappa shape index (κ1) is 12.0. The average Bonchev–Trinajstić information content (AvgIpc) is 2.30. The van der Waals surface area contributed by atoms with Crippen LogP contribution in [0.15, 0.2) is 18.3 Å². The van der Waals surface area contributed by atoms with Crippen LogP contribution in [-0.4, -0.2) is 21.5 Å². The van der Waals surface area contributed by atoms with Crippen LogP contribution in [0.2, 0.25) is 0 Å². The third-order valence-electron chi connectivity index (χ3n) is 3.41. The normalized spacial score (nSPS) is 18.9. The van der Waals surface area contributed by atoms with E-state index in [0.29, 0.717) is 18.7 Å². The van der Waals surface area contributed by atoms with Gasteiger partial charge in [-0.2, -0.15) is 0 Å².